The molecule has 2 atom stereocenters. The number of amides is 2. The van der Waals surface area contributed by atoms with Gasteiger partial charge in [0, 0.05) is 29.4 Å². The minimum Gasteiger partial charge on any atom is -0.390 e. The molecule has 0 bridgehead atoms. The van der Waals surface area contributed by atoms with Crippen molar-refractivity contribution in [3.8, 4) is 11.3 Å². The Morgan fingerprint density at radius 1 is 1.22 bits per heavy atom. The van der Waals surface area contributed by atoms with Crippen LogP contribution in [0, 0.1) is 5.92 Å². The number of nitrogens with zero attached hydrogens (tertiary/aromatic N) is 2. The van der Waals surface area contributed by atoms with Gasteiger partial charge in [0.2, 0.25) is 11.8 Å². The maximum Gasteiger partial charge on any atom is 0.231 e. The molecule has 192 valence electrons. The molecule has 8 nitrogen and oxygen atoms in total. The Balaban J connectivity index is 1.51. The molecule has 1 aromatic carbocycles. The molecule has 3 aromatic rings. The van der Waals surface area contributed by atoms with Gasteiger partial charge in [0.15, 0.2) is 5.78 Å². The van der Waals surface area contributed by atoms with Crippen LogP contribution in [0.15, 0.2) is 48.7 Å². The summed E-state index contributed by atoms with van der Waals surface area (Å²) in [5, 5.41) is 12.8. The number of carbonyl (C=O) groups excluding carboxylic acids is 3. The fourth-order valence-electron chi connectivity index (χ4n) is 4.74. The summed E-state index contributed by atoms with van der Waals surface area (Å²) >= 11 is 0. The van der Waals surface area contributed by atoms with E-state index < -0.39 is 23.6 Å². The minimum atomic E-state index is -1.18. The average molecular weight is 505 g/mol. The van der Waals surface area contributed by atoms with Crippen LogP contribution in [0.2, 0.25) is 0 Å². The van der Waals surface area contributed by atoms with Crippen LogP contribution in [0.4, 0.5) is 10.2 Å². The van der Waals surface area contributed by atoms with Gasteiger partial charge in [-0.25, -0.2) is 9.37 Å². The summed E-state index contributed by atoms with van der Waals surface area (Å²) < 4.78 is 13.3. The van der Waals surface area contributed by atoms with Gasteiger partial charge in [0.1, 0.15) is 12.0 Å². The number of nitrogens with one attached hydrogen (secondary N) is 2. The summed E-state index contributed by atoms with van der Waals surface area (Å²) in [5.74, 6) is -1.21. The first-order valence-corrected chi connectivity index (χ1v) is 12.3. The summed E-state index contributed by atoms with van der Waals surface area (Å²) in [6, 6.07) is 13.2. The van der Waals surface area contributed by atoms with E-state index in [2.05, 4.69) is 15.3 Å². The first-order valence-electron chi connectivity index (χ1n) is 12.3. The number of aliphatic hydroxyl groups is 1. The van der Waals surface area contributed by atoms with E-state index in [1.165, 1.54) is 4.90 Å². The highest BCUT2D eigenvalue weighted by Gasteiger charge is 2.43. The van der Waals surface area contributed by atoms with E-state index in [9.17, 15) is 23.9 Å². The second-order valence-electron chi connectivity index (χ2n) is 10.4. The number of hydrogen-bond donors (Lipinski definition) is 3. The largest absolute Gasteiger partial charge is 0.390 e. The fourth-order valence-corrected chi connectivity index (χ4v) is 4.74. The smallest absolute Gasteiger partial charge is 0.231 e. The van der Waals surface area contributed by atoms with E-state index in [0.29, 0.717) is 34.8 Å². The third-order valence-corrected chi connectivity index (χ3v) is 6.65. The summed E-state index contributed by atoms with van der Waals surface area (Å²) in [6.45, 7) is 3.27. The number of H-pyrrole nitrogens is 1. The molecule has 2 amide bonds. The molecule has 5 rings (SSSR count). The van der Waals surface area contributed by atoms with Crippen LogP contribution in [0.1, 0.15) is 53.9 Å². The lowest BCUT2D eigenvalue weighted by Gasteiger charge is -2.29. The zero-order chi connectivity index (χ0) is 26.3. The number of hydrogen-bond acceptors (Lipinski definition) is 5. The van der Waals surface area contributed by atoms with Crippen molar-refractivity contribution < 1.29 is 23.9 Å². The van der Waals surface area contributed by atoms with Crippen molar-refractivity contribution in [1.29, 1.82) is 0 Å². The van der Waals surface area contributed by atoms with Gasteiger partial charge >= 0.3 is 0 Å². The Labute approximate surface area is 213 Å². The Morgan fingerprint density at radius 3 is 2.62 bits per heavy atom. The van der Waals surface area contributed by atoms with Gasteiger partial charge in [-0.05, 0) is 43.5 Å². The average Bonchev–Trinajstić information content (AvgIpc) is 3.46. The van der Waals surface area contributed by atoms with Crippen molar-refractivity contribution in [2.45, 2.75) is 51.4 Å². The number of halogens is 1. The van der Waals surface area contributed by atoms with Crippen LogP contribution in [0.5, 0.6) is 0 Å². The third kappa shape index (κ3) is 5.46. The predicted molar refractivity (Wildman–Crippen MR) is 136 cm³/mol. The molecule has 1 fully saturated rings. The van der Waals surface area contributed by atoms with Crippen LogP contribution < -0.4 is 5.32 Å². The molecule has 1 aliphatic carbocycles. The molecule has 0 radical (unpaired) electrons. The van der Waals surface area contributed by atoms with Gasteiger partial charge in [-0.3, -0.25) is 14.4 Å². The zero-order valence-electron chi connectivity index (χ0n) is 20.8. The number of benzene rings is 1. The topological polar surface area (TPSA) is 115 Å². The minimum absolute atomic E-state index is 0.0650. The number of fused-ring (bicyclic) bond motifs is 1. The molecule has 0 unspecified atom stereocenters. The van der Waals surface area contributed by atoms with Gasteiger partial charge in [-0.15, -0.1) is 0 Å². The lowest BCUT2D eigenvalue weighted by molar-refractivity contribution is -0.135. The maximum absolute atomic E-state index is 13.4. The molecule has 2 aromatic heterocycles. The standard InChI is InChI=1S/C28H29FN4O4/c1-28(2,37)13-24(35)33-14-21-25(22(34)15-33)19(10-16-6-4-3-5-7-16)26(31-21)17-8-9-30-23(11-17)32-27(36)18-12-20(18)29/h3-9,11,18,20,31,37H,10,12-15H2,1-2H3,(H,30,32,36)/t18-,20+/m1/s1. The highest BCUT2D eigenvalue weighted by atomic mass is 19.1. The molecule has 3 N–H and O–H groups in total. The quantitative estimate of drug-likeness (QED) is 0.454. The van der Waals surface area contributed by atoms with Crippen LogP contribution in [0.3, 0.4) is 0 Å². The molecule has 9 heteroatoms. The molecule has 0 saturated heterocycles. The highest BCUT2D eigenvalue weighted by Crippen LogP contribution is 2.36. The molecular weight excluding hydrogens is 475 g/mol. The number of alkyl halides is 1. The van der Waals surface area contributed by atoms with E-state index in [1.54, 1.807) is 32.2 Å². The molecule has 37 heavy (non-hydrogen) atoms. The Morgan fingerprint density at radius 2 is 1.95 bits per heavy atom. The molecule has 1 aliphatic heterocycles. The van der Waals surface area contributed by atoms with Gasteiger partial charge in [0.25, 0.3) is 0 Å². The number of Topliss-reactive ketones (excluding diaryl/α,β-unsaturated/α-hetero) is 1. The molecular formula is C28H29FN4O4. The normalized spacial score (nSPS) is 18.9. The second kappa shape index (κ2) is 9.55. The van der Waals surface area contributed by atoms with E-state index in [4.69, 9.17) is 0 Å². The van der Waals surface area contributed by atoms with E-state index >= 15 is 0 Å². The number of rotatable bonds is 7. The summed E-state index contributed by atoms with van der Waals surface area (Å²) in [6.07, 6.45) is 1.07. The molecule has 2 aliphatic rings. The Hall–Kier alpha value is -3.85. The van der Waals surface area contributed by atoms with Gasteiger partial charge in [0.05, 0.1) is 36.7 Å². The number of anilines is 1. The van der Waals surface area contributed by atoms with Crippen molar-refractivity contribution in [3.05, 3.63) is 71.0 Å². The number of aromatic amines is 1. The number of carbonyl (C=O) groups is 3. The van der Waals surface area contributed by atoms with E-state index in [0.717, 1.165) is 11.1 Å². The Kier molecular flexibility index (Phi) is 6.41. The number of ketones is 1. The Bertz CT molecular complexity index is 1360. The van der Waals surface area contributed by atoms with Crippen LogP contribution >= 0.6 is 0 Å². The maximum atomic E-state index is 13.4. The molecule has 1 saturated carbocycles. The molecule has 3 heterocycles. The van der Waals surface area contributed by atoms with Crippen molar-refractivity contribution in [3.63, 3.8) is 0 Å². The summed E-state index contributed by atoms with van der Waals surface area (Å²) in [5.41, 5.74) is 3.24. The number of pyridine rings is 1. The van der Waals surface area contributed by atoms with Crippen LogP contribution in [-0.4, -0.2) is 55.9 Å². The highest BCUT2D eigenvalue weighted by molar-refractivity contribution is 6.04. The summed E-state index contributed by atoms with van der Waals surface area (Å²) in [4.78, 5) is 47.4. The van der Waals surface area contributed by atoms with Crippen molar-refractivity contribution in [2.24, 2.45) is 5.92 Å². The fraction of sp³-hybridized carbons (Fsp3) is 0.357. The lowest BCUT2D eigenvalue weighted by atomic mass is 9.93. The zero-order valence-corrected chi connectivity index (χ0v) is 20.8. The van der Waals surface area contributed by atoms with Gasteiger partial charge in [-0.1, -0.05) is 30.3 Å². The number of aromatic nitrogens is 2. The van der Waals surface area contributed by atoms with E-state index in [-0.39, 0.29) is 37.6 Å². The van der Waals surface area contributed by atoms with Crippen LogP contribution in [0.25, 0.3) is 11.3 Å². The monoisotopic (exact) mass is 504 g/mol. The van der Waals surface area contributed by atoms with Gasteiger partial charge in [-0.2, -0.15) is 0 Å². The first kappa shape index (κ1) is 24.8. The summed E-state index contributed by atoms with van der Waals surface area (Å²) in [7, 11) is 0. The van der Waals surface area contributed by atoms with E-state index in [1.807, 2.05) is 30.3 Å². The first-order chi connectivity index (χ1) is 17.6. The SMILES string of the molecule is CC(C)(O)CC(=O)N1CC(=O)c2c([nH]c(-c3ccnc(NC(=O)[C@@H]4C[C@@H]4F)c3)c2Cc2ccccc2)C1. The van der Waals surface area contributed by atoms with Gasteiger partial charge < -0.3 is 20.3 Å². The van der Waals surface area contributed by atoms with Crippen molar-refractivity contribution >= 4 is 23.4 Å². The third-order valence-electron chi connectivity index (χ3n) is 6.65. The lowest BCUT2D eigenvalue weighted by Crippen LogP contribution is -2.42. The molecule has 0 spiro atoms. The predicted octanol–water partition coefficient (Wildman–Crippen LogP) is 3.65. The van der Waals surface area contributed by atoms with Crippen molar-refractivity contribution in [2.75, 3.05) is 11.9 Å². The van der Waals surface area contributed by atoms with Crippen molar-refractivity contribution in [1.82, 2.24) is 14.9 Å². The second-order valence-corrected chi connectivity index (χ2v) is 10.4. The van der Waals surface area contributed by atoms with Crippen LogP contribution in [-0.2, 0) is 22.6 Å².